The molecule has 1 aliphatic carbocycles. The minimum absolute atomic E-state index is 0.0338. The van der Waals surface area contributed by atoms with Crippen LogP contribution in [0.5, 0.6) is 11.6 Å². The van der Waals surface area contributed by atoms with Crippen molar-refractivity contribution in [3.63, 3.8) is 0 Å². The summed E-state index contributed by atoms with van der Waals surface area (Å²) in [6.07, 6.45) is 3.60. The number of carbonyl (C=O) groups excluding carboxylic acids is 1. The number of sulfonamides is 1. The molecule has 208 valence electrons. The molecule has 0 atom stereocenters. The van der Waals surface area contributed by atoms with E-state index in [1.807, 2.05) is 32.0 Å². The number of aryl methyl sites for hydroxylation is 2. The van der Waals surface area contributed by atoms with Crippen molar-refractivity contribution in [2.75, 3.05) is 5.32 Å². The Morgan fingerprint density at radius 2 is 1.77 bits per heavy atom. The quantitative estimate of drug-likeness (QED) is 0.334. The summed E-state index contributed by atoms with van der Waals surface area (Å²) in [5.41, 5.74) is 2.71. The first-order chi connectivity index (χ1) is 18.4. The molecule has 11 heteroatoms. The van der Waals surface area contributed by atoms with Crippen LogP contribution in [0.1, 0.15) is 66.7 Å². The molecular formula is C28H34N4O6S. The van der Waals surface area contributed by atoms with Gasteiger partial charge in [-0.05, 0) is 82.9 Å². The number of aromatic carboxylic acids is 1. The van der Waals surface area contributed by atoms with Gasteiger partial charge in [0.25, 0.3) is 0 Å². The number of carbonyl (C=O) groups is 2. The summed E-state index contributed by atoms with van der Waals surface area (Å²) in [5.74, 6) is -1.44. The SMILES string of the molecule is Cc1ccc(C)c(-n2nc(C(=O)O)c(C)c2Oc2ccc(NC(=O)C3CCCC3)cc2S(=O)(=O)NC(C)C)c1. The van der Waals surface area contributed by atoms with E-state index in [-0.39, 0.29) is 39.6 Å². The fourth-order valence-corrected chi connectivity index (χ4v) is 6.11. The molecule has 0 aliphatic heterocycles. The molecule has 1 heterocycles. The highest BCUT2D eigenvalue weighted by Gasteiger charge is 2.28. The third-order valence-corrected chi connectivity index (χ3v) is 8.37. The Labute approximate surface area is 228 Å². The van der Waals surface area contributed by atoms with E-state index in [4.69, 9.17) is 4.74 Å². The highest BCUT2D eigenvalue weighted by molar-refractivity contribution is 7.89. The van der Waals surface area contributed by atoms with E-state index in [0.29, 0.717) is 11.4 Å². The van der Waals surface area contributed by atoms with E-state index < -0.39 is 22.0 Å². The second-order valence-corrected chi connectivity index (χ2v) is 12.0. The molecule has 1 saturated carbocycles. The van der Waals surface area contributed by atoms with Gasteiger partial charge in [-0.1, -0.05) is 25.0 Å². The van der Waals surface area contributed by atoms with E-state index in [1.54, 1.807) is 26.8 Å². The summed E-state index contributed by atoms with van der Waals surface area (Å²) < 4.78 is 36.9. The number of hydrogen-bond donors (Lipinski definition) is 3. The molecule has 3 N–H and O–H groups in total. The van der Waals surface area contributed by atoms with Crippen LogP contribution in [0.15, 0.2) is 41.3 Å². The highest BCUT2D eigenvalue weighted by atomic mass is 32.2. The Morgan fingerprint density at radius 3 is 2.41 bits per heavy atom. The van der Waals surface area contributed by atoms with E-state index in [9.17, 15) is 23.1 Å². The largest absolute Gasteiger partial charge is 0.476 e. The van der Waals surface area contributed by atoms with Gasteiger partial charge in [-0.25, -0.2) is 17.9 Å². The molecule has 1 aliphatic rings. The van der Waals surface area contributed by atoms with Crippen LogP contribution >= 0.6 is 0 Å². The number of carboxylic acid groups (broad SMARTS) is 1. The van der Waals surface area contributed by atoms with Crippen LogP contribution in [-0.4, -0.2) is 41.2 Å². The van der Waals surface area contributed by atoms with Crippen molar-refractivity contribution in [3.8, 4) is 17.3 Å². The van der Waals surface area contributed by atoms with Gasteiger partial charge in [-0.3, -0.25) is 4.79 Å². The molecule has 2 aromatic carbocycles. The van der Waals surface area contributed by atoms with Gasteiger partial charge < -0.3 is 15.2 Å². The highest BCUT2D eigenvalue weighted by Crippen LogP contribution is 2.36. The lowest BCUT2D eigenvalue weighted by Crippen LogP contribution is -2.30. The standard InChI is InChI=1S/C28H34N4O6S/c1-16(2)31-39(36,37)24-15-21(29-26(33)20-8-6-7-9-20)12-13-23(24)38-27-19(5)25(28(34)35)30-32(27)22-14-17(3)10-11-18(22)4/h10-16,20,31H,6-9H2,1-5H3,(H,29,33)(H,34,35). The van der Waals surface area contributed by atoms with Crippen LogP contribution in [-0.2, 0) is 14.8 Å². The number of amides is 1. The summed E-state index contributed by atoms with van der Waals surface area (Å²) in [4.78, 5) is 24.5. The van der Waals surface area contributed by atoms with Gasteiger partial charge in [0, 0.05) is 23.2 Å². The lowest BCUT2D eigenvalue weighted by atomic mass is 10.1. The molecule has 1 fully saturated rings. The molecular weight excluding hydrogens is 520 g/mol. The third-order valence-electron chi connectivity index (χ3n) is 6.69. The maximum atomic E-state index is 13.4. The molecule has 0 radical (unpaired) electrons. The van der Waals surface area contributed by atoms with Gasteiger partial charge in [-0.15, -0.1) is 0 Å². The van der Waals surface area contributed by atoms with Crippen molar-refractivity contribution < 1.29 is 27.9 Å². The minimum atomic E-state index is -4.07. The Morgan fingerprint density at radius 1 is 1.08 bits per heavy atom. The Bertz CT molecular complexity index is 1520. The van der Waals surface area contributed by atoms with Crippen LogP contribution in [0, 0.1) is 26.7 Å². The number of hydrogen-bond acceptors (Lipinski definition) is 6. The third kappa shape index (κ3) is 6.15. The first kappa shape index (κ1) is 28.3. The van der Waals surface area contributed by atoms with Crippen molar-refractivity contribution >= 4 is 27.6 Å². The normalized spacial score (nSPS) is 14.1. The van der Waals surface area contributed by atoms with Crippen LogP contribution in [0.4, 0.5) is 5.69 Å². The molecule has 0 spiro atoms. The molecule has 39 heavy (non-hydrogen) atoms. The monoisotopic (exact) mass is 554 g/mol. The zero-order chi connectivity index (χ0) is 28.5. The molecule has 0 unspecified atom stereocenters. The van der Waals surface area contributed by atoms with Crippen molar-refractivity contribution in [1.82, 2.24) is 14.5 Å². The van der Waals surface area contributed by atoms with Gasteiger partial charge in [0.15, 0.2) is 5.69 Å². The number of ether oxygens (including phenoxy) is 1. The molecule has 4 rings (SSSR count). The van der Waals surface area contributed by atoms with E-state index in [1.165, 1.54) is 16.8 Å². The van der Waals surface area contributed by atoms with Crippen LogP contribution in [0.3, 0.4) is 0 Å². The van der Waals surface area contributed by atoms with Gasteiger partial charge in [-0.2, -0.15) is 9.78 Å². The number of aromatic nitrogens is 2. The number of anilines is 1. The minimum Gasteiger partial charge on any atom is -0.476 e. The lowest BCUT2D eigenvalue weighted by molar-refractivity contribution is -0.119. The van der Waals surface area contributed by atoms with Crippen LogP contribution < -0.4 is 14.8 Å². The van der Waals surface area contributed by atoms with Gasteiger partial charge in [0.1, 0.15) is 10.6 Å². The second-order valence-electron chi connectivity index (χ2n) is 10.3. The Hall–Kier alpha value is -3.70. The van der Waals surface area contributed by atoms with E-state index >= 15 is 0 Å². The summed E-state index contributed by atoms with van der Waals surface area (Å²) in [5, 5.41) is 16.9. The summed E-state index contributed by atoms with van der Waals surface area (Å²) in [6.45, 7) is 8.72. The molecule has 0 bridgehead atoms. The molecule has 3 aromatic rings. The number of nitrogens with zero attached hydrogens (tertiary/aromatic N) is 2. The molecule has 10 nitrogen and oxygen atoms in total. The Balaban J connectivity index is 1.82. The number of benzene rings is 2. The van der Waals surface area contributed by atoms with Crippen molar-refractivity contribution in [2.24, 2.45) is 5.92 Å². The predicted molar refractivity (Wildman–Crippen MR) is 147 cm³/mol. The Kier molecular flexibility index (Phi) is 8.12. The average Bonchev–Trinajstić information content (AvgIpc) is 3.50. The molecule has 1 amide bonds. The number of carboxylic acids is 1. The maximum Gasteiger partial charge on any atom is 0.356 e. The van der Waals surface area contributed by atoms with E-state index in [2.05, 4.69) is 15.1 Å². The van der Waals surface area contributed by atoms with Crippen LogP contribution in [0.25, 0.3) is 5.69 Å². The van der Waals surface area contributed by atoms with Crippen molar-refractivity contribution in [1.29, 1.82) is 0 Å². The zero-order valence-corrected chi connectivity index (χ0v) is 23.6. The van der Waals surface area contributed by atoms with E-state index in [0.717, 1.165) is 36.8 Å². The lowest BCUT2D eigenvalue weighted by Gasteiger charge is -2.18. The molecule has 0 saturated heterocycles. The smallest absolute Gasteiger partial charge is 0.356 e. The summed E-state index contributed by atoms with van der Waals surface area (Å²) in [6, 6.07) is 9.65. The number of nitrogens with one attached hydrogen (secondary N) is 2. The van der Waals surface area contributed by atoms with Crippen molar-refractivity contribution in [2.45, 2.75) is 71.2 Å². The first-order valence-electron chi connectivity index (χ1n) is 12.9. The maximum absolute atomic E-state index is 13.4. The van der Waals surface area contributed by atoms with Crippen molar-refractivity contribution in [3.05, 3.63) is 58.8 Å². The zero-order valence-electron chi connectivity index (χ0n) is 22.7. The van der Waals surface area contributed by atoms with Gasteiger partial charge in [0.2, 0.25) is 21.8 Å². The first-order valence-corrected chi connectivity index (χ1v) is 14.4. The fourth-order valence-electron chi connectivity index (χ4n) is 4.70. The number of rotatable bonds is 9. The topological polar surface area (TPSA) is 140 Å². The van der Waals surface area contributed by atoms with Crippen LogP contribution in [0.2, 0.25) is 0 Å². The second kappa shape index (κ2) is 11.2. The average molecular weight is 555 g/mol. The summed E-state index contributed by atoms with van der Waals surface area (Å²) >= 11 is 0. The summed E-state index contributed by atoms with van der Waals surface area (Å²) in [7, 11) is -4.07. The van der Waals surface area contributed by atoms with Gasteiger partial charge in [0.05, 0.1) is 5.69 Å². The predicted octanol–water partition coefficient (Wildman–Crippen LogP) is 5.10. The fraction of sp³-hybridized carbons (Fsp3) is 0.393. The van der Waals surface area contributed by atoms with Gasteiger partial charge >= 0.3 is 5.97 Å². The molecule has 1 aromatic heterocycles.